The number of hydrogen-bond acceptors (Lipinski definition) is 5. The Hall–Kier alpha value is -2.55. The number of nitrogens with zero attached hydrogens (tertiary/aromatic N) is 2. The summed E-state index contributed by atoms with van der Waals surface area (Å²) in [7, 11) is 1.33. The van der Waals surface area contributed by atoms with Gasteiger partial charge in [-0.1, -0.05) is 0 Å². The fourth-order valence-electron chi connectivity index (χ4n) is 1.63. The molecule has 0 unspecified atom stereocenters. The SMILES string of the molecule is COC(=O)c1cc(C)c2[nH]c(NC#N)nc2c1. The van der Waals surface area contributed by atoms with E-state index in [-0.39, 0.29) is 0 Å². The average molecular weight is 230 g/mol. The highest BCUT2D eigenvalue weighted by Gasteiger charge is 2.11. The third kappa shape index (κ3) is 1.90. The summed E-state index contributed by atoms with van der Waals surface area (Å²) in [6, 6.07) is 3.33. The number of H-pyrrole nitrogens is 1. The molecule has 1 heterocycles. The second-order valence-electron chi connectivity index (χ2n) is 3.50. The van der Waals surface area contributed by atoms with E-state index in [1.54, 1.807) is 18.3 Å². The molecule has 0 saturated carbocycles. The molecule has 2 aromatic rings. The molecule has 17 heavy (non-hydrogen) atoms. The number of anilines is 1. The zero-order valence-electron chi connectivity index (χ0n) is 9.37. The number of carbonyl (C=O) groups excluding carboxylic acids is 1. The summed E-state index contributed by atoms with van der Waals surface area (Å²) in [6.45, 7) is 1.85. The molecular weight excluding hydrogens is 220 g/mol. The van der Waals surface area contributed by atoms with Gasteiger partial charge >= 0.3 is 5.97 Å². The van der Waals surface area contributed by atoms with Gasteiger partial charge in [0.2, 0.25) is 5.95 Å². The van der Waals surface area contributed by atoms with Crippen LogP contribution in [0.1, 0.15) is 15.9 Å². The van der Waals surface area contributed by atoms with Crippen molar-refractivity contribution in [2.45, 2.75) is 6.92 Å². The van der Waals surface area contributed by atoms with Gasteiger partial charge in [-0.05, 0) is 24.6 Å². The standard InChI is InChI=1S/C11H10N4O2/c1-6-3-7(10(16)17-2)4-8-9(6)15-11(14-8)13-5-12/h3-4H,1-2H3,(H2,13,14,15). The molecule has 0 bridgehead atoms. The topological polar surface area (TPSA) is 90.8 Å². The molecule has 0 saturated heterocycles. The second kappa shape index (κ2) is 4.14. The third-order valence-electron chi connectivity index (χ3n) is 2.39. The van der Waals surface area contributed by atoms with Crippen molar-refractivity contribution in [1.29, 1.82) is 5.26 Å². The highest BCUT2D eigenvalue weighted by molar-refractivity contribution is 5.95. The molecular formula is C11H10N4O2. The van der Waals surface area contributed by atoms with Crippen molar-refractivity contribution in [2.24, 2.45) is 0 Å². The number of esters is 1. The van der Waals surface area contributed by atoms with Crippen LogP contribution < -0.4 is 5.32 Å². The first kappa shape index (κ1) is 11.0. The van der Waals surface area contributed by atoms with E-state index in [9.17, 15) is 4.79 Å². The predicted octanol–water partition coefficient (Wildman–Crippen LogP) is 1.55. The summed E-state index contributed by atoms with van der Waals surface area (Å²) < 4.78 is 4.65. The van der Waals surface area contributed by atoms with Crippen LogP contribution in [-0.4, -0.2) is 23.0 Å². The summed E-state index contributed by atoms with van der Waals surface area (Å²) in [5.41, 5.74) is 2.70. The number of hydrogen-bond donors (Lipinski definition) is 2. The third-order valence-corrected chi connectivity index (χ3v) is 2.39. The molecule has 0 fully saturated rings. The van der Waals surface area contributed by atoms with Gasteiger partial charge in [-0.15, -0.1) is 0 Å². The number of nitrogens with one attached hydrogen (secondary N) is 2. The van der Waals surface area contributed by atoms with Gasteiger partial charge in [0.15, 0.2) is 6.19 Å². The van der Waals surface area contributed by atoms with E-state index in [0.717, 1.165) is 11.1 Å². The van der Waals surface area contributed by atoms with Crippen LogP contribution >= 0.6 is 0 Å². The number of benzene rings is 1. The van der Waals surface area contributed by atoms with Gasteiger partial charge in [-0.2, -0.15) is 5.26 Å². The van der Waals surface area contributed by atoms with E-state index in [1.807, 2.05) is 6.92 Å². The number of carbonyl (C=O) groups is 1. The van der Waals surface area contributed by atoms with E-state index >= 15 is 0 Å². The fraction of sp³-hybridized carbons (Fsp3) is 0.182. The Kier molecular flexibility index (Phi) is 2.66. The summed E-state index contributed by atoms with van der Waals surface area (Å²) in [4.78, 5) is 18.5. The number of aromatic amines is 1. The zero-order chi connectivity index (χ0) is 12.4. The molecule has 6 heteroatoms. The van der Waals surface area contributed by atoms with Crippen molar-refractivity contribution < 1.29 is 9.53 Å². The Bertz CT molecular complexity index is 624. The number of aromatic nitrogens is 2. The van der Waals surface area contributed by atoms with Gasteiger partial charge in [0.1, 0.15) is 0 Å². The van der Waals surface area contributed by atoms with Crippen molar-refractivity contribution >= 4 is 23.0 Å². The molecule has 0 spiro atoms. The molecule has 6 nitrogen and oxygen atoms in total. The van der Waals surface area contributed by atoms with Crippen molar-refractivity contribution in [3.8, 4) is 6.19 Å². The van der Waals surface area contributed by atoms with Gasteiger partial charge in [0.25, 0.3) is 0 Å². The van der Waals surface area contributed by atoms with E-state index in [1.165, 1.54) is 7.11 Å². The molecule has 0 atom stereocenters. The Balaban J connectivity index is 2.57. The summed E-state index contributed by atoms with van der Waals surface area (Å²) in [5, 5.41) is 10.9. The molecule has 1 aromatic heterocycles. The van der Waals surface area contributed by atoms with Crippen LogP contribution in [0.25, 0.3) is 11.0 Å². The number of rotatable bonds is 2. The molecule has 0 aliphatic rings. The maximum atomic E-state index is 11.4. The van der Waals surface area contributed by atoms with Crippen molar-refractivity contribution in [3.63, 3.8) is 0 Å². The van der Waals surface area contributed by atoms with Gasteiger partial charge < -0.3 is 9.72 Å². The quantitative estimate of drug-likeness (QED) is 0.464. The molecule has 0 amide bonds. The first-order valence-corrected chi connectivity index (χ1v) is 4.89. The maximum absolute atomic E-state index is 11.4. The van der Waals surface area contributed by atoms with Gasteiger partial charge in [0.05, 0.1) is 23.7 Å². The first-order chi connectivity index (χ1) is 8.15. The lowest BCUT2D eigenvalue weighted by Crippen LogP contribution is -2.01. The lowest BCUT2D eigenvalue weighted by atomic mass is 10.1. The Labute approximate surface area is 97.2 Å². The normalized spacial score (nSPS) is 9.94. The van der Waals surface area contributed by atoms with E-state index in [0.29, 0.717) is 17.0 Å². The number of methoxy groups -OCH3 is 1. The van der Waals surface area contributed by atoms with Crippen molar-refractivity contribution in [2.75, 3.05) is 12.4 Å². The summed E-state index contributed by atoms with van der Waals surface area (Å²) in [6.07, 6.45) is 1.78. The smallest absolute Gasteiger partial charge is 0.337 e. The van der Waals surface area contributed by atoms with Crippen LogP contribution in [-0.2, 0) is 4.74 Å². The molecule has 0 radical (unpaired) electrons. The summed E-state index contributed by atoms with van der Waals surface area (Å²) in [5.74, 6) is -0.0552. The predicted molar refractivity (Wildman–Crippen MR) is 61.4 cm³/mol. The molecule has 0 aliphatic heterocycles. The van der Waals surface area contributed by atoms with Crippen LogP contribution in [0, 0.1) is 18.4 Å². The lowest BCUT2D eigenvalue weighted by Gasteiger charge is -2.01. The fourth-order valence-corrected chi connectivity index (χ4v) is 1.63. The molecule has 86 valence electrons. The van der Waals surface area contributed by atoms with E-state index < -0.39 is 5.97 Å². The Morgan fingerprint density at radius 3 is 3.00 bits per heavy atom. The number of aryl methyl sites for hydroxylation is 1. The highest BCUT2D eigenvalue weighted by Crippen LogP contribution is 2.20. The minimum absolute atomic E-state index is 0.354. The minimum Gasteiger partial charge on any atom is -0.465 e. The van der Waals surface area contributed by atoms with Crippen LogP contribution in [0.3, 0.4) is 0 Å². The molecule has 1 aromatic carbocycles. The Morgan fingerprint density at radius 2 is 2.35 bits per heavy atom. The van der Waals surface area contributed by atoms with Gasteiger partial charge in [-0.25, -0.2) is 9.78 Å². The van der Waals surface area contributed by atoms with Crippen LogP contribution in [0.4, 0.5) is 5.95 Å². The zero-order valence-corrected chi connectivity index (χ0v) is 9.37. The van der Waals surface area contributed by atoms with Crippen molar-refractivity contribution in [3.05, 3.63) is 23.3 Å². The largest absolute Gasteiger partial charge is 0.465 e. The first-order valence-electron chi connectivity index (χ1n) is 4.89. The molecule has 2 rings (SSSR count). The number of imidazole rings is 1. The molecule has 2 N–H and O–H groups in total. The second-order valence-corrected chi connectivity index (χ2v) is 3.50. The molecule has 0 aliphatic carbocycles. The van der Waals surface area contributed by atoms with E-state index in [2.05, 4.69) is 20.0 Å². The van der Waals surface area contributed by atoms with E-state index in [4.69, 9.17) is 5.26 Å². The maximum Gasteiger partial charge on any atom is 0.337 e. The number of fused-ring (bicyclic) bond motifs is 1. The number of ether oxygens (including phenoxy) is 1. The average Bonchev–Trinajstić information content (AvgIpc) is 2.71. The monoisotopic (exact) mass is 230 g/mol. The Morgan fingerprint density at radius 1 is 1.59 bits per heavy atom. The van der Waals surface area contributed by atoms with Gasteiger partial charge in [0, 0.05) is 0 Å². The van der Waals surface area contributed by atoms with Crippen molar-refractivity contribution in [1.82, 2.24) is 9.97 Å². The van der Waals surface area contributed by atoms with Crippen LogP contribution in [0.5, 0.6) is 0 Å². The van der Waals surface area contributed by atoms with Gasteiger partial charge in [-0.3, -0.25) is 5.32 Å². The van der Waals surface area contributed by atoms with Crippen LogP contribution in [0.15, 0.2) is 12.1 Å². The highest BCUT2D eigenvalue weighted by atomic mass is 16.5. The lowest BCUT2D eigenvalue weighted by molar-refractivity contribution is 0.0601. The summed E-state index contributed by atoms with van der Waals surface area (Å²) >= 11 is 0. The number of nitriles is 1. The minimum atomic E-state index is -0.409. The van der Waals surface area contributed by atoms with Crippen LogP contribution in [0.2, 0.25) is 0 Å².